The molecule has 0 spiro atoms. The highest BCUT2D eigenvalue weighted by atomic mass is 32.2. The zero-order chi connectivity index (χ0) is 10.6. The third-order valence-corrected chi connectivity index (χ3v) is 2.91. The Morgan fingerprint density at radius 2 is 2.21 bits per heavy atom. The van der Waals surface area contributed by atoms with Crippen molar-refractivity contribution in [2.75, 3.05) is 6.26 Å². The first-order valence-electron chi connectivity index (χ1n) is 4.55. The van der Waals surface area contributed by atoms with Crippen LogP contribution in [0.15, 0.2) is 23.1 Å². The van der Waals surface area contributed by atoms with Crippen molar-refractivity contribution < 1.29 is 9.90 Å². The number of carboxylic acids is 1. The summed E-state index contributed by atoms with van der Waals surface area (Å²) in [6.07, 6.45) is 3.11. The zero-order valence-electron chi connectivity index (χ0n) is 8.41. The molecule has 0 saturated heterocycles. The highest BCUT2D eigenvalue weighted by Gasteiger charge is 2.04. The van der Waals surface area contributed by atoms with Crippen LogP contribution in [0.1, 0.15) is 18.1 Å². The van der Waals surface area contributed by atoms with E-state index in [1.54, 1.807) is 11.8 Å². The first-order chi connectivity index (χ1) is 6.67. The number of carboxylic acid groups (broad SMARTS) is 1. The van der Waals surface area contributed by atoms with Crippen molar-refractivity contribution >= 4 is 17.7 Å². The lowest BCUT2D eigenvalue weighted by molar-refractivity contribution is -0.136. The van der Waals surface area contributed by atoms with Gasteiger partial charge in [0.05, 0.1) is 6.42 Å². The number of aliphatic carboxylic acids is 1. The molecular formula is C11H14O2S. The smallest absolute Gasteiger partial charge is 0.307 e. The van der Waals surface area contributed by atoms with Crippen molar-refractivity contribution in [3.63, 3.8) is 0 Å². The van der Waals surface area contributed by atoms with Gasteiger partial charge in [-0.3, -0.25) is 4.79 Å². The highest BCUT2D eigenvalue weighted by Crippen LogP contribution is 2.22. The molecule has 0 amide bonds. The minimum absolute atomic E-state index is 0.109. The topological polar surface area (TPSA) is 37.3 Å². The normalized spacial score (nSPS) is 10.1. The molecule has 0 unspecified atom stereocenters. The molecule has 0 bridgehead atoms. The van der Waals surface area contributed by atoms with Crippen LogP contribution in [0.25, 0.3) is 0 Å². The average Bonchev–Trinajstić information content (AvgIpc) is 2.16. The van der Waals surface area contributed by atoms with E-state index < -0.39 is 5.97 Å². The molecule has 0 heterocycles. The standard InChI is InChI=1S/C11H14O2S/c1-3-9-5-4-8(7-11(12)13)6-10(9)14-2/h4-6H,3,7H2,1-2H3,(H,12,13). The predicted octanol–water partition coefficient (Wildman–Crippen LogP) is 2.60. The van der Waals surface area contributed by atoms with Crippen LogP contribution in [0, 0.1) is 0 Å². The van der Waals surface area contributed by atoms with Crippen molar-refractivity contribution in [2.24, 2.45) is 0 Å². The summed E-state index contributed by atoms with van der Waals surface area (Å²) in [5, 5.41) is 8.65. The van der Waals surface area contributed by atoms with E-state index in [4.69, 9.17) is 5.11 Å². The maximum atomic E-state index is 10.5. The zero-order valence-corrected chi connectivity index (χ0v) is 9.23. The van der Waals surface area contributed by atoms with Crippen LogP contribution < -0.4 is 0 Å². The van der Waals surface area contributed by atoms with Gasteiger partial charge in [-0.2, -0.15) is 0 Å². The van der Waals surface area contributed by atoms with Crippen LogP contribution in [0.2, 0.25) is 0 Å². The van der Waals surface area contributed by atoms with E-state index in [0.29, 0.717) is 0 Å². The lowest BCUT2D eigenvalue weighted by atomic mass is 10.1. The van der Waals surface area contributed by atoms with Gasteiger partial charge in [-0.05, 0) is 29.9 Å². The fraction of sp³-hybridized carbons (Fsp3) is 0.364. The molecule has 0 aromatic heterocycles. The van der Waals surface area contributed by atoms with E-state index in [9.17, 15) is 4.79 Å². The van der Waals surface area contributed by atoms with E-state index in [1.807, 2.05) is 24.5 Å². The Balaban J connectivity index is 2.95. The Morgan fingerprint density at radius 1 is 1.50 bits per heavy atom. The van der Waals surface area contributed by atoms with Gasteiger partial charge >= 0.3 is 5.97 Å². The molecule has 0 fully saturated rings. The lowest BCUT2D eigenvalue weighted by Gasteiger charge is -2.06. The minimum atomic E-state index is -0.777. The molecule has 0 saturated carbocycles. The SMILES string of the molecule is CCc1ccc(CC(=O)O)cc1SC. The second-order valence-electron chi connectivity index (χ2n) is 3.07. The third-order valence-electron chi connectivity index (χ3n) is 2.09. The number of rotatable bonds is 4. The summed E-state index contributed by atoms with van der Waals surface area (Å²) in [6.45, 7) is 2.10. The molecule has 3 heteroatoms. The number of thioether (sulfide) groups is 1. The Bertz CT molecular complexity index is 334. The number of hydrogen-bond acceptors (Lipinski definition) is 2. The summed E-state index contributed by atoms with van der Waals surface area (Å²) in [5.41, 5.74) is 2.16. The fourth-order valence-electron chi connectivity index (χ4n) is 1.37. The van der Waals surface area contributed by atoms with Crippen molar-refractivity contribution in [3.05, 3.63) is 29.3 Å². The molecule has 1 aromatic carbocycles. The Kier molecular flexibility index (Phi) is 4.01. The Labute approximate surface area is 88.3 Å². The van der Waals surface area contributed by atoms with Gasteiger partial charge < -0.3 is 5.11 Å². The molecular weight excluding hydrogens is 196 g/mol. The van der Waals surface area contributed by atoms with Crippen LogP contribution in [-0.4, -0.2) is 17.3 Å². The monoisotopic (exact) mass is 210 g/mol. The van der Waals surface area contributed by atoms with Crippen LogP contribution in [0.5, 0.6) is 0 Å². The maximum absolute atomic E-state index is 10.5. The molecule has 0 atom stereocenters. The van der Waals surface area contributed by atoms with Crippen molar-refractivity contribution in [1.29, 1.82) is 0 Å². The number of benzene rings is 1. The average molecular weight is 210 g/mol. The van der Waals surface area contributed by atoms with Gasteiger partial charge in [0.25, 0.3) is 0 Å². The van der Waals surface area contributed by atoms with Crippen LogP contribution in [0.3, 0.4) is 0 Å². The van der Waals surface area contributed by atoms with Crippen LogP contribution >= 0.6 is 11.8 Å². The van der Waals surface area contributed by atoms with Crippen LogP contribution in [0.4, 0.5) is 0 Å². The molecule has 0 aliphatic carbocycles. The number of carbonyl (C=O) groups is 1. The first-order valence-corrected chi connectivity index (χ1v) is 5.77. The molecule has 1 N–H and O–H groups in total. The van der Waals surface area contributed by atoms with Crippen molar-refractivity contribution in [2.45, 2.75) is 24.7 Å². The minimum Gasteiger partial charge on any atom is -0.481 e. The quantitative estimate of drug-likeness (QED) is 0.776. The summed E-state index contributed by atoms with van der Waals surface area (Å²) < 4.78 is 0. The highest BCUT2D eigenvalue weighted by molar-refractivity contribution is 7.98. The summed E-state index contributed by atoms with van der Waals surface area (Å²) in [6, 6.07) is 5.88. The second-order valence-corrected chi connectivity index (χ2v) is 3.92. The molecule has 0 aliphatic rings. The van der Waals surface area contributed by atoms with Gasteiger partial charge in [0.15, 0.2) is 0 Å². The molecule has 76 valence electrons. The van der Waals surface area contributed by atoms with Gasteiger partial charge in [0.1, 0.15) is 0 Å². The number of aryl methyl sites for hydroxylation is 1. The Morgan fingerprint density at radius 3 is 2.71 bits per heavy atom. The van der Waals surface area contributed by atoms with E-state index in [1.165, 1.54) is 10.5 Å². The molecule has 0 radical (unpaired) electrons. The molecule has 1 aromatic rings. The summed E-state index contributed by atoms with van der Waals surface area (Å²) in [7, 11) is 0. The lowest BCUT2D eigenvalue weighted by Crippen LogP contribution is -2.00. The van der Waals surface area contributed by atoms with E-state index >= 15 is 0 Å². The third kappa shape index (κ3) is 2.77. The Hall–Kier alpha value is -0.960. The fourth-order valence-corrected chi connectivity index (χ4v) is 2.11. The van der Waals surface area contributed by atoms with Gasteiger partial charge in [0, 0.05) is 4.90 Å². The summed E-state index contributed by atoms with van der Waals surface area (Å²) in [5.74, 6) is -0.777. The first kappa shape index (κ1) is 11.1. The number of hydrogen-bond donors (Lipinski definition) is 1. The predicted molar refractivity (Wildman–Crippen MR) is 58.9 cm³/mol. The van der Waals surface area contributed by atoms with E-state index in [2.05, 4.69) is 6.92 Å². The van der Waals surface area contributed by atoms with Crippen molar-refractivity contribution in [3.8, 4) is 0 Å². The van der Waals surface area contributed by atoms with Gasteiger partial charge in [-0.15, -0.1) is 11.8 Å². The van der Waals surface area contributed by atoms with Gasteiger partial charge in [-0.25, -0.2) is 0 Å². The van der Waals surface area contributed by atoms with E-state index in [-0.39, 0.29) is 6.42 Å². The molecule has 14 heavy (non-hydrogen) atoms. The molecule has 0 aliphatic heterocycles. The summed E-state index contributed by atoms with van der Waals surface area (Å²) in [4.78, 5) is 11.7. The largest absolute Gasteiger partial charge is 0.481 e. The van der Waals surface area contributed by atoms with Crippen LogP contribution in [-0.2, 0) is 17.6 Å². The maximum Gasteiger partial charge on any atom is 0.307 e. The van der Waals surface area contributed by atoms with Gasteiger partial charge in [0.2, 0.25) is 0 Å². The summed E-state index contributed by atoms with van der Waals surface area (Å²) >= 11 is 1.67. The van der Waals surface area contributed by atoms with E-state index in [0.717, 1.165) is 12.0 Å². The molecule has 1 rings (SSSR count). The molecule has 2 nitrogen and oxygen atoms in total. The van der Waals surface area contributed by atoms with Gasteiger partial charge in [-0.1, -0.05) is 19.1 Å². The second kappa shape index (κ2) is 5.05. The van der Waals surface area contributed by atoms with Crippen molar-refractivity contribution in [1.82, 2.24) is 0 Å².